The van der Waals surface area contributed by atoms with Gasteiger partial charge in [-0.3, -0.25) is 19.2 Å². The Morgan fingerprint density at radius 3 is 2.31 bits per heavy atom. The second-order valence-corrected chi connectivity index (χ2v) is 16.1. The Labute approximate surface area is 331 Å². The normalized spacial score (nSPS) is 25.5. The number of carbonyl (C=O) groups excluding carboxylic acids is 4. The highest BCUT2D eigenvalue weighted by Gasteiger charge is 2.78. The fraction of sp³-hybridized carbons (Fsp3) is 0.409. The lowest BCUT2D eigenvalue weighted by molar-refractivity contribution is -0.165. The third-order valence-corrected chi connectivity index (χ3v) is 12.4. The maximum absolute atomic E-state index is 15.3. The van der Waals surface area contributed by atoms with E-state index < -0.39 is 77.0 Å². The minimum absolute atomic E-state index is 0.126. The molecule has 3 saturated heterocycles. The van der Waals surface area contributed by atoms with Crippen LogP contribution < -0.4 is 4.90 Å². The summed E-state index contributed by atoms with van der Waals surface area (Å²) >= 11 is 3.78. The lowest BCUT2D eigenvalue weighted by Gasteiger charge is -2.39. The van der Waals surface area contributed by atoms with Crippen molar-refractivity contribution in [3.8, 4) is 0 Å². The van der Waals surface area contributed by atoms with Crippen molar-refractivity contribution >= 4 is 45.3 Å². The Balaban J connectivity index is 1.44. The van der Waals surface area contributed by atoms with Gasteiger partial charge in [-0.15, -0.1) is 13.2 Å². The molecule has 3 aliphatic heterocycles. The Hall–Kier alpha value is -4.58. The Kier molecular flexibility index (Phi) is 12.1. The van der Waals surface area contributed by atoms with Crippen molar-refractivity contribution in [1.82, 2.24) is 9.80 Å². The Morgan fingerprint density at radius 1 is 1.04 bits per heavy atom. The van der Waals surface area contributed by atoms with Crippen molar-refractivity contribution in [2.24, 2.45) is 11.8 Å². The lowest BCUT2D eigenvalue weighted by atomic mass is 9.70. The van der Waals surface area contributed by atoms with Crippen LogP contribution in [-0.2, 0) is 28.7 Å². The third kappa shape index (κ3) is 7.30. The van der Waals surface area contributed by atoms with Crippen molar-refractivity contribution in [1.29, 1.82) is 0 Å². The predicted octanol–water partition coefficient (Wildman–Crippen LogP) is 6.40. The van der Waals surface area contributed by atoms with Gasteiger partial charge in [0.15, 0.2) is 0 Å². The molecule has 3 heterocycles. The van der Waals surface area contributed by atoms with Crippen LogP contribution in [0.15, 0.2) is 104 Å². The van der Waals surface area contributed by atoms with E-state index >= 15 is 9.59 Å². The first-order chi connectivity index (χ1) is 26.4. The van der Waals surface area contributed by atoms with E-state index in [1.165, 1.54) is 4.90 Å². The first-order valence-electron chi connectivity index (χ1n) is 18.8. The molecule has 10 nitrogen and oxygen atoms in total. The minimum Gasteiger partial charge on any atom is -0.455 e. The van der Waals surface area contributed by atoms with Gasteiger partial charge in [-0.1, -0.05) is 101 Å². The van der Waals surface area contributed by atoms with Crippen molar-refractivity contribution in [2.75, 3.05) is 25.1 Å². The summed E-state index contributed by atoms with van der Waals surface area (Å²) in [5, 5.41) is 11.0. The number of nitrogens with zero attached hydrogens (tertiary/aromatic N) is 3. The molecule has 3 aromatic carbocycles. The standard InChI is InChI=1S/C44H50BrN3O7/c1-7-9-20-35(50)46(6)29(5)38(31-18-14-11-15-19-31)54-43(53)36-37-41(51)48(34(26-49)30-16-12-10-13-17-30)40(44(37)25-32(45)39(36)55-44)42(52)47(23-8-2)33-24-27(3)21-22-28(33)4/h7-8,10-19,21-22,24,29,32,34,36-40,49H,1-2,9,20,23,25-26H2,3-6H3/t29-,32?,34+,36-,37+,38+,39-,40-,44+/m0/s1. The SMILES string of the molecule is C=CCCC(=O)N(C)[C@@H](C)[C@@H](OC(=O)[C@@H]1[C@H]2O[C@@]3(CC2Br)[C@H](C(=O)N(CC=C)c2cc(C)ccc2C)N([C@H](CO)c2ccccc2)C(=O)[C@@H]13)c1ccccc1. The summed E-state index contributed by atoms with van der Waals surface area (Å²) in [4.78, 5) is 62.7. The van der Waals surface area contributed by atoms with Crippen LogP contribution in [0.1, 0.15) is 60.6 Å². The second kappa shape index (κ2) is 16.6. The molecular formula is C44H50BrN3O7. The summed E-state index contributed by atoms with van der Waals surface area (Å²) in [6, 6.07) is 21.5. The summed E-state index contributed by atoms with van der Waals surface area (Å²) in [5.41, 5.74) is 2.38. The number of anilines is 1. The average molecular weight is 813 g/mol. The topological polar surface area (TPSA) is 117 Å². The largest absolute Gasteiger partial charge is 0.455 e. The molecule has 0 saturated carbocycles. The van der Waals surface area contributed by atoms with Crippen LogP contribution in [0, 0.1) is 25.7 Å². The highest BCUT2D eigenvalue weighted by molar-refractivity contribution is 9.09. The zero-order valence-electron chi connectivity index (χ0n) is 31.8. The van der Waals surface area contributed by atoms with Crippen LogP contribution >= 0.6 is 15.9 Å². The van der Waals surface area contributed by atoms with E-state index in [0.717, 1.165) is 11.1 Å². The number of carbonyl (C=O) groups is 4. The number of allylic oxidation sites excluding steroid dienone is 1. The summed E-state index contributed by atoms with van der Waals surface area (Å²) in [7, 11) is 1.68. The smallest absolute Gasteiger partial charge is 0.313 e. The fourth-order valence-corrected chi connectivity index (χ4v) is 9.64. The molecule has 3 fully saturated rings. The zero-order chi connectivity index (χ0) is 39.6. The molecule has 6 rings (SSSR count). The first-order valence-corrected chi connectivity index (χ1v) is 19.7. The van der Waals surface area contributed by atoms with Crippen molar-refractivity contribution in [3.63, 3.8) is 0 Å². The summed E-state index contributed by atoms with van der Waals surface area (Å²) in [6.45, 7) is 13.0. The van der Waals surface area contributed by atoms with Gasteiger partial charge in [-0.05, 0) is 61.9 Å². The van der Waals surface area contributed by atoms with Gasteiger partial charge >= 0.3 is 5.97 Å². The molecule has 3 aliphatic rings. The fourth-order valence-electron chi connectivity index (χ4n) is 8.70. The van der Waals surface area contributed by atoms with Gasteiger partial charge < -0.3 is 29.3 Å². The Morgan fingerprint density at radius 2 is 1.69 bits per heavy atom. The number of likely N-dealkylation sites (tertiary alicyclic amines) is 1. The van der Waals surface area contributed by atoms with Crippen molar-refractivity contribution in [3.05, 3.63) is 126 Å². The van der Waals surface area contributed by atoms with Gasteiger partial charge in [-0.2, -0.15) is 0 Å². The van der Waals surface area contributed by atoms with Gasteiger partial charge in [0.1, 0.15) is 17.7 Å². The number of aliphatic hydroxyl groups excluding tert-OH is 1. The number of ether oxygens (including phenoxy) is 2. The predicted molar refractivity (Wildman–Crippen MR) is 214 cm³/mol. The molecule has 3 amide bonds. The van der Waals surface area contributed by atoms with Gasteiger partial charge in [-0.25, -0.2) is 0 Å². The molecule has 0 aromatic heterocycles. The molecule has 55 heavy (non-hydrogen) atoms. The molecule has 0 radical (unpaired) electrons. The maximum Gasteiger partial charge on any atom is 0.313 e. The molecule has 9 atom stereocenters. The number of rotatable bonds is 15. The molecule has 11 heteroatoms. The lowest BCUT2D eigenvalue weighted by Crippen LogP contribution is -2.57. The van der Waals surface area contributed by atoms with Crippen LogP contribution in [0.3, 0.4) is 0 Å². The zero-order valence-corrected chi connectivity index (χ0v) is 33.4. The Bertz CT molecular complexity index is 1920. The monoisotopic (exact) mass is 811 g/mol. The van der Waals surface area contributed by atoms with Gasteiger partial charge in [0.05, 0.1) is 36.6 Å². The number of aryl methyl sites for hydroxylation is 2. The second-order valence-electron chi connectivity index (χ2n) is 14.9. The van der Waals surface area contributed by atoms with E-state index in [1.54, 1.807) is 29.0 Å². The van der Waals surface area contributed by atoms with Crippen molar-refractivity contribution < 1.29 is 33.8 Å². The number of amides is 3. The number of hydrogen-bond donors (Lipinski definition) is 1. The number of hydrogen-bond acceptors (Lipinski definition) is 7. The van der Waals surface area contributed by atoms with Crippen LogP contribution in [0.2, 0.25) is 0 Å². The molecule has 1 N–H and O–H groups in total. The van der Waals surface area contributed by atoms with Crippen LogP contribution in [0.4, 0.5) is 5.69 Å². The molecule has 2 bridgehead atoms. The van der Waals surface area contributed by atoms with Crippen LogP contribution in [0.5, 0.6) is 0 Å². The summed E-state index contributed by atoms with van der Waals surface area (Å²) in [5.74, 6) is -3.83. The van der Waals surface area contributed by atoms with E-state index in [9.17, 15) is 14.7 Å². The van der Waals surface area contributed by atoms with Gasteiger partial charge in [0.25, 0.3) is 5.91 Å². The number of esters is 1. The third-order valence-electron chi connectivity index (χ3n) is 11.5. The summed E-state index contributed by atoms with van der Waals surface area (Å²) in [6.07, 6.45) is 2.70. The number of fused-ring (bicyclic) bond motifs is 1. The van der Waals surface area contributed by atoms with Crippen molar-refractivity contribution in [2.45, 2.75) is 80.8 Å². The molecule has 1 unspecified atom stereocenters. The van der Waals surface area contributed by atoms with E-state index in [2.05, 4.69) is 29.1 Å². The first kappa shape index (κ1) is 40.1. The maximum atomic E-state index is 15.3. The number of likely N-dealkylation sites (N-methyl/N-ethyl adjacent to an activating group) is 1. The number of benzene rings is 3. The van der Waals surface area contributed by atoms with E-state index in [-0.39, 0.29) is 25.3 Å². The van der Waals surface area contributed by atoms with Crippen LogP contribution in [-0.4, -0.2) is 87.4 Å². The molecule has 3 aromatic rings. The number of alkyl halides is 1. The number of halogens is 1. The molecule has 290 valence electrons. The highest BCUT2D eigenvalue weighted by atomic mass is 79.9. The quantitative estimate of drug-likeness (QED) is 0.107. The van der Waals surface area contributed by atoms with E-state index in [4.69, 9.17) is 9.47 Å². The van der Waals surface area contributed by atoms with Gasteiger partial charge in [0.2, 0.25) is 11.8 Å². The molecular weight excluding hydrogens is 762 g/mol. The van der Waals surface area contributed by atoms with E-state index in [1.807, 2.05) is 99.6 Å². The van der Waals surface area contributed by atoms with Gasteiger partial charge in [0, 0.05) is 30.5 Å². The molecule has 0 aliphatic carbocycles. The highest BCUT2D eigenvalue weighted by Crippen LogP contribution is 2.62. The summed E-state index contributed by atoms with van der Waals surface area (Å²) < 4.78 is 13.3. The number of aliphatic hydroxyl groups is 1. The van der Waals surface area contributed by atoms with Crippen LogP contribution in [0.25, 0.3) is 0 Å². The average Bonchev–Trinajstić information content (AvgIpc) is 3.79. The minimum atomic E-state index is -1.43. The molecule has 1 spiro atoms. The van der Waals surface area contributed by atoms with E-state index in [0.29, 0.717) is 23.2 Å².